The Bertz CT molecular complexity index is 1200. The minimum absolute atomic E-state index is 0.0823. The Hall–Kier alpha value is -3.44. The van der Waals surface area contributed by atoms with Gasteiger partial charge in [0.1, 0.15) is 6.61 Å². The molecule has 5 nitrogen and oxygen atoms in total. The van der Waals surface area contributed by atoms with E-state index in [0.29, 0.717) is 12.8 Å². The molecule has 1 atom stereocenters. The molecule has 1 unspecified atom stereocenters. The molecule has 334 valence electrons. The first-order valence-corrected chi connectivity index (χ1v) is 23.9. The van der Waals surface area contributed by atoms with E-state index in [0.717, 1.165) is 103 Å². The van der Waals surface area contributed by atoms with Crippen LogP contribution in [0.5, 0.6) is 0 Å². The molecule has 0 aliphatic heterocycles. The van der Waals surface area contributed by atoms with Gasteiger partial charge >= 0.3 is 11.9 Å². The molecule has 0 saturated heterocycles. The normalized spacial score (nSPS) is 13.2. The number of aliphatic hydroxyl groups excluding tert-OH is 1. The average Bonchev–Trinajstić information content (AvgIpc) is 3.24. The minimum Gasteiger partial charge on any atom is -0.462 e. The van der Waals surface area contributed by atoms with Crippen LogP contribution in [0.2, 0.25) is 0 Å². The second kappa shape index (κ2) is 48.9. The highest BCUT2D eigenvalue weighted by atomic mass is 16.6. The molecule has 0 fully saturated rings. The van der Waals surface area contributed by atoms with Gasteiger partial charge in [0.25, 0.3) is 0 Å². The molecule has 0 heterocycles. The van der Waals surface area contributed by atoms with Gasteiger partial charge in [-0.2, -0.15) is 0 Å². The maximum absolute atomic E-state index is 12.2. The lowest BCUT2D eigenvalue weighted by Gasteiger charge is -2.15. The van der Waals surface area contributed by atoms with Gasteiger partial charge in [0, 0.05) is 12.8 Å². The summed E-state index contributed by atoms with van der Waals surface area (Å²) in [6.45, 7) is 3.98. The van der Waals surface area contributed by atoms with Crippen LogP contribution < -0.4 is 0 Å². The van der Waals surface area contributed by atoms with Gasteiger partial charge < -0.3 is 14.6 Å². The Morgan fingerprint density at radius 3 is 1.12 bits per heavy atom. The molecule has 0 amide bonds. The van der Waals surface area contributed by atoms with Gasteiger partial charge in [0.05, 0.1) is 6.61 Å². The number of hydrogen-bond acceptors (Lipinski definition) is 5. The van der Waals surface area contributed by atoms with Crippen molar-refractivity contribution in [3.63, 3.8) is 0 Å². The third kappa shape index (κ3) is 47.1. The lowest BCUT2D eigenvalue weighted by molar-refractivity contribution is -0.161. The molecule has 0 bridgehead atoms. The fourth-order valence-corrected chi connectivity index (χ4v) is 6.21. The van der Waals surface area contributed by atoms with Crippen molar-refractivity contribution >= 4 is 11.9 Å². The summed E-state index contributed by atoms with van der Waals surface area (Å²) in [6.07, 6.45) is 70.2. The summed E-state index contributed by atoms with van der Waals surface area (Å²) in [7, 11) is 0. The van der Waals surface area contributed by atoms with E-state index in [-0.39, 0.29) is 25.2 Å². The summed E-state index contributed by atoms with van der Waals surface area (Å²) in [5.41, 5.74) is 0. The molecular weight excluding hydrogens is 729 g/mol. The maximum Gasteiger partial charge on any atom is 0.306 e. The first-order valence-electron chi connectivity index (χ1n) is 23.9. The highest BCUT2D eigenvalue weighted by Gasteiger charge is 2.16. The predicted octanol–water partition coefficient (Wildman–Crippen LogP) is 15.8. The molecule has 5 heteroatoms. The molecule has 0 aromatic carbocycles. The van der Waals surface area contributed by atoms with E-state index in [1.54, 1.807) is 0 Å². The van der Waals surface area contributed by atoms with Crippen molar-refractivity contribution in [1.82, 2.24) is 0 Å². The molecule has 59 heavy (non-hydrogen) atoms. The molecule has 0 spiro atoms. The first-order chi connectivity index (χ1) is 29.1. The third-order valence-corrected chi connectivity index (χ3v) is 9.80. The van der Waals surface area contributed by atoms with Crippen LogP contribution in [0.15, 0.2) is 109 Å². The van der Waals surface area contributed by atoms with Crippen LogP contribution in [0, 0.1) is 0 Å². The minimum atomic E-state index is -0.790. The molecule has 1 N–H and O–H groups in total. The molecular formula is C54H88O5. The first kappa shape index (κ1) is 55.6. The van der Waals surface area contributed by atoms with E-state index < -0.39 is 6.10 Å². The van der Waals surface area contributed by atoms with Crippen molar-refractivity contribution in [2.75, 3.05) is 13.2 Å². The Labute approximate surface area is 363 Å². The lowest BCUT2D eigenvalue weighted by atomic mass is 10.1. The van der Waals surface area contributed by atoms with E-state index in [9.17, 15) is 14.7 Å². The van der Waals surface area contributed by atoms with Gasteiger partial charge in [0.15, 0.2) is 6.10 Å². The highest BCUT2D eigenvalue weighted by Crippen LogP contribution is 2.12. The van der Waals surface area contributed by atoms with Crippen molar-refractivity contribution in [3.05, 3.63) is 109 Å². The Morgan fingerprint density at radius 2 is 0.729 bits per heavy atom. The van der Waals surface area contributed by atoms with Crippen molar-refractivity contribution in [2.45, 2.75) is 206 Å². The largest absolute Gasteiger partial charge is 0.462 e. The van der Waals surface area contributed by atoms with Crippen molar-refractivity contribution in [1.29, 1.82) is 0 Å². The third-order valence-electron chi connectivity index (χ3n) is 9.80. The zero-order valence-electron chi connectivity index (χ0n) is 38.0. The van der Waals surface area contributed by atoms with Crippen LogP contribution in [-0.4, -0.2) is 36.4 Å². The number of esters is 2. The Kier molecular flexibility index (Phi) is 46.1. The van der Waals surface area contributed by atoms with Gasteiger partial charge in [-0.1, -0.05) is 194 Å². The summed E-state index contributed by atoms with van der Waals surface area (Å²) < 4.78 is 10.6. The monoisotopic (exact) mass is 817 g/mol. The van der Waals surface area contributed by atoms with E-state index >= 15 is 0 Å². The second-order valence-corrected chi connectivity index (χ2v) is 15.4. The van der Waals surface area contributed by atoms with Crippen molar-refractivity contribution in [3.8, 4) is 0 Å². The van der Waals surface area contributed by atoms with Crippen LogP contribution >= 0.6 is 0 Å². The van der Waals surface area contributed by atoms with E-state index in [4.69, 9.17) is 9.47 Å². The topological polar surface area (TPSA) is 72.8 Å². The molecule has 0 saturated carbocycles. The lowest BCUT2D eigenvalue weighted by Crippen LogP contribution is -2.28. The number of rotatable bonds is 42. The zero-order chi connectivity index (χ0) is 42.8. The molecule has 0 aromatic rings. The summed E-state index contributed by atoms with van der Waals surface area (Å²) in [5.74, 6) is -0.625. The highest BCUT2D eigenvalue weighted by molar-refractivity contribution is 5.70. The second-order valence-electron chi connectivity index (χ2n) is 15.4. The van der Waals surface area contributed by atoms with Gasteiger partial charge in [-0.15, -0.1) is 0 Å². The van der Waals surface area contributed by atoms with E-state index in [2.05, 4.69) is 123 Å². The van der Waals surface area contributed by atoms with Crippen molar-refractivity contribution in [2.24, 2.45) is 0 Å². The number of aliphatic hydroxyl groups is 1. The van der Waals surface area contributed by atoms with Crippen LogP contribution in [0.1, 0.15) is 200 Å². The van der Waals surface area contributed by atoms with Gasteiger partial charge in [0.2, 0.25) is 0 Å². The molecule has 0 aromatic heterocycles. The Balaban J connectivity index is 3.64. The van der Waals surface area contributed by atoms with Gasteiger partial charge in [-0.3, -0.25) is 9.59 Å². The maximum atomic E-state index is 12.2. The molecule has 0 radical (unpaired) electrons. The van der Waals surface area contributed by atoms with Crippen LogP contribution in [0.3, 0.4) is 0 Å². The average molecular weight is 817 g/mol. The number of carbonyl (C=O) groups excluding carboxylic acids is 2. The summed E-state index contributed by atoms with van der Waals surface area (Å²) in [5, 5.41) is 9.59. The SMILES string of the molecule is CC/C=C\C/C=C\C/C=C\C/C=C\C/C=C\C/C=C\C/C=C\C/C=C\CCCCCCCCC(=O)OC(CO)COC(=O)CCCCCCC/C=C\CCCCCCC. The summed E-state index contributed by atoms with van der Waals surface area (Å²) in [4.78, 5) is 24.4. The fourth-order valence-electron chi connectivity index (χ4n) is 6.21. The van der Waals surface area contributed by atoms with Crippen LogP contribution in [0.4, 0.5) is 0 Å². The Morgan fingerprint density at radius 1 is 0.407 bits per heavy atom. The number of hydrogen-bond donors (Lipinski definition) is 1. The number of unbranched alkanes of at least 4 members (excludes halogenated alkanes) is 16. The quantitative estimate of drug-likeness (QED) is 0.0377. The standard InChI is InChI=1S/C54H88O5/c1-3-5-7-9-11-13-15-17-19-20-21-22-23-24-25-26-27-28-29-30-31-32-33-34-35-37-39-41-43-45-47-49-54(57)59-52(50-55)51-58-53(56)48-46-44-42-40-38-36-18-16-14-12-10-8-6-4-2/h5,7,11,13,16-19,21-22,24-25,27-28,30-31,33-34,52,55H,3-4,6,8-10,12,14-15,20,23,26,29,32,35-51H2,1-2H3/b7-5-,13-11-,18-16-,19-17-,22-21-,25-24-,28-27-,31-30-,34-33-. The number of ether oxygens (including phenoxy) is 2. The number of carbonyl (C=O) groups is 2. The summed E-state index contributed by atoms with van der Waals surface area (Å²) in [6, 6.07) is 0. The fraction of sp³-hybridized carbons (Fsp3) is 0.630. The number of allylic oxidation sites excluding steroid dienone is 18. The van der Waals surface area contributed by atoms with E-state index in [1.165, 1.54) is 70.6 Å². The summed E-state index contributed by atoms with van der Waals surface area (Å²) >= 11 is 0. The van der Waals surface area contributed by atoms with Crippen molar-refractivity contribution < 1.29 is 24.2 Å². The van der Waals surface area contributed by atoms with Crippen LogP contribution in [0.25, 0.3) is 0 Å². The molecule has 0 aliphatic carbocycles. The van der Waals surface area contributed by atoms with Gasteiger partial charge in [-0.25, -0.2) is 0 Å². The smallest absolute Gasteiger partial charge is 0.306 e. The predicted molar refractivity (Wildman–Crippen MR) is 255 cm³/mol. The molecule has 0 aliphatic rings. The van der Waals surface area contributed by atoms with E-state index in [1.807, 2.05) is 0 Å². The zero-order valence-corrected chi connectivity index (χ0v) is 38.0. The van der Waals surface area contributed by atoms with Crippen LogP contribution in [-0.2, 0) is 19.1 Å². The van der Waals surface area contributed by atoms with Gasteiger partial charge in [-0.05, 0) is 103 Å². The molecule has 0 rings (SSSR count).